The topological polar surface area (TPSA) is 69.6 Å². The summed E-state index contributed by atoms with van der Waals surface area (Å²) in [6.07, 6.45) is 2.07. The third-order valence-electron chi connectivity index (χ3n) is 3.33. The van der Waals surface area contributed by atoms with Gasteiger partial charge in [0.2, 0.25) is 0 Å². The number of aliphatic carboxylic acids is 1. The van der Waals surface area contributed by atoms with Crippen molar-refractivity contribution in [2.75, 3.05) is 13.1 Å². The summed E-state index contributed by atoms with van der Waals surface area (Å²) in [6, 6.07) is 0.0988. The van der Waals surface area contributed by atoms with Gasteiger partial charge in [0.05, 0.1) is 5.92 Å². The van der Waals surface area contributed by atoms with Crippen molar-refractivity contribution in [2.45, 2.75) is 46.1 Å². The molecule has 1 unspecified atom stereocenters. The minimum Gasteiger partial charge on any atom is -0.481 e. The lowest BCUT2D eigenvalue weighted by atomic mass is 9.97. The number of urea groups is 1. The molecule has 0 bridgehead atoms. The van der Waals surface area contributed by atoms with Gasteiger partial charge in [-0.2, -0.15) is 0 Å². The predicted octanol–water partition coefficient (Wildman–Crippen LogP) is 1.93. The van der Waals surface area contributed by atoms with Crippen LogP contribution in [0.15, 0.2) is 0 Å². The third-order valence-corrected chi connectivity index (χ3v) is 3.33. The summed E-state index contributed by atoms with van der Waals surface area (Å²) in [6.45, 7) is 7.33. The number of carbonyl (C=O) groups is 2. The fraction of sp³-hybridized carbons (Fsp3) is 0.846. The maximum Gasteiger partial charge on any atom is 0.317 e. The van der Waals surface area contributed by atoms with Gasteiger partial charge in [0.15, 0.2) is 0 Å². The molecule has 1 heterocycles. The molecule has 1 rings (SSSR count). The van der Waals surface area contributed by atoms with E-state index in [4.69, 9.17) is 5.11 Å². The fourth-order valence-corrected chi connectivity index (χ4v) is 2.40. The Labute approximate surface area is 109 Å². The number of carboxylic acid groups (broad SMARTS) is 1. The van der Waals surface area contributed by atoms with E-state index in [2.05, 4.69) is 19.2 Å². The van der Waals surface area contributed by atoms with Gasteiger partial charge < -0.3 is 15.3 Å². The van der Waals surface area contributed by atoms with Crippen molar-refractivity contribution in [2.24, 2.45) is 11.8 Å². The minimum atomic E-state index is -0.747. The van der Waals surface area contributed by atoms with E-state index in [0.29, 0.717) is 31.8 Å². The SMILES string of the molecule is CC(C)CC(C)NC(=O)N1CCC(C(=O)O)CC1. The summed E-state index contributed by atoms with van der Waals surface area (Å²) < 4.78 is 0. The van der Waals surface area contributed by atoms with E-state index < -0.39 is 5.97 Å². The molecule has 1 aliphatic rings. The van der Waals surface area contributed by atoms with Gasteiger partial charge in [0.1, 0.15) is 0 Å². The molecule has 1 fully saturated rings. The molecule has 0 spiro atoms. The molecule has 0 aromatic heterocycles. The predicted molar refractivity (Wildman–Crippen MR) is 69.4 cm³/mol. The number of hydrogen-bond acceptors (Lipinski definition) is 2. The van der Waals surface area contributed by atoms with Crippen LogP contribution in [0.2, 0.25) is 0 Å². The van der Waals surface area contributed by atoms with E-state index in [9.17, 15) is 9.59 Å². The molecule has 0 saturated carbocycles. The smallest absolute Gasteiger partial charge is 0.317 e. The average Bonchev–Trinajstić information content (AvgIpc) is 2.27. The fourth-order valence-electron chi connectivity index (χ4n) is 2.40. The van der Waals surface area contributed by atoms with Crippen LogP contribution < -0.4 is 5.32 Å². The second-order valence-electron chi connectivity index (χ2n) is 5.58. The molecule has 18 heavy (non-hydrogen) atoms. The van der Waals surface area contributed by atoms with Crippen LogP contribution in [0.5, 0.6) is 0 Å². The summed E-state index contributed by atoms with van der Waals surface area (Å²) >= 11 is 0. The van der Waals surface area contributed by atoms with E-state index >= 15 is 0 Å². The highest BCUT2D eigenvalue weighted by molar-refractivity contribution is 5.75. The molecular formula is C13H24N2O3. The Kier molecular flexibility index (Phi) is 5.44. The zero-order valence-electron chi connectivity index (χ0n) is 11.5. The van der Waals surface area contributed by atoms with Gasteiger partial charge in [0.25, 0.3) is 0 Å². The van der Waals surface area contributed by atoms with E-state index in [-0.39, 0.29) is 18.0 Å². The summed E-state index contributed by atoms with van der Waals surface area (Å²) in [4.78, 5) is 24.5. The van der Waals surface area contributed by atoms with Gasteiger partial charge in [-0.3, -0.25) is 4.79 Å². The van der Waals surface area contributed by atoms with Gasteiger partial charge >= 0.3 is 12.0 Å². The number of nitrogens with one attached hydrogen (secondary N) is 1. The van der Waals surface area contributed by atoms with Gasteiger partial charge in [-0.25, -0.2) is 4.79 Å². The maximum atomic E-state index is 11.9. The van der Waals surface area contributed by atoms with Crippen molar-refractivity contribution >= 4 is 12.0 Å². The molecule has 5 nitrogen and oxygen atoms in total. The number of carboxylic acids is 1. The molecule has 2 amide bonds. The van der Waals surface area contributed by atoms with Crippen molar-refractivity contribution in [3.8, 4) is 0 Å². The first-order chi connectivity index (χ1) is 8.40. The normalized spacial score (nSPS) is 18.8. The Morgan fingerprint density at radius 2 is 1.83 bits per heavy atom. The molecular weight excluding hydrogens is 232 g/mol. The van der Waals surface area contributed by atoms with E-state index in [1.54, 1.807) is 4.90 Å². The average molecular weight is 256 g/mol. The summed E-state index contributed by atoms with van der Waals surface area (Å²) in [7, 11) is 0. The zero-order valence-corrected chi connectivity index (χ0v) is 11.5. The molecule has 1 saturated heterocycles. The Bertz CT molecular complexity index is 297. The highest BCUT2D eigenvalue weighted by Gasteiger charge is 2.27. The van der Waals surface area contributed by atoms with Gasteiger partial charge in [-0.05, 0) is 32.1 Å². The van der Waals surface area contributed by atoms with Crippen molar-refractivity contribution in [3.05, 3.63) is 0 Å². The van der Waals surface area contributed by atoms with Crippen LogP contribution in [0, 0.1) is 11.8 Å². The summed E-state index contributed by atoms with van der Waals surface area (Å²) in [5.74, 6) is -0.483. The van der Waals surface area contributed by atoms with E-state index in [1.165, 1.54) is 0 Å². The van der Waals surface area contributed by atoms with Crippen LogP contribution in [-0.2, 0) is 4.79 Å². The van der Waals surface area contributed by atoms with Crippen molar-refractivity contribution in [1.82, 2.24) is 10.2 Å². The Morgan fingerprint density at radius 3 is 2.28 bits per heavy atom. The molecule has 104 valence electrons. The largest absolute Gasteiger partial charge is 0.481 e. The Balaban J connectivity index is 2.34. The highest BCUT2D eigenvalue weighted by Crippen LogP contribution is 2.17. The number of nitrogens with zero attached hydrogens (tertiary/aromatic N) is 1. The molecule has 1 atom stereocenters. The lowest BCUT2D eigenvalue weighted by Gasteiger charge is -2.31. The quantitative estimate of drug-likeness (QED) is 0.807. The van der Waals surface area contributed by atoms with E-state index in [1.807, 2.05) is 6.92 Å². The lowest BCUT2D eigenvalue weighted by molar-refractivity contribution is -0.143. The van der Waals surface area contributed by atoms with Crippen LogP contribution in [0.3, 0.4) is 0 Å². The lowest BCUT2D eigenvalue weighted by Crippen LogP contribution is -2.48. The van der Waals surface area contributed by atoms with Crippen molar-refractivity contribution < 1.29 is 14.7 Å². The standard InChI is InChI=1S/C13H24N2O3/c1-9(2)8-10(3)14-13(18)15-6-4-11(5-7-15)12(16)17/h9-11H,4-8H2,1-3H3,(H,14,18)(H,16,17). The third kappa shape index (κ3) is 4.55. The molecule has 1 aliphatic heterocycles. The van der Waals surface area contributed by atoms with E-state index in [0.717, 1.165) is 6.42 Å². The number of amides is 2. The summed E-state index contributed by atoms with van der Waals surface area (Å²) in [5.41, 5.74) is 0. The summed E-state index contributed by atoms with van der Waals surface area (Å²) in [5, 5.41) is 11.9. The Hall–Kier alpha value is -1.26. The number of likely N-dealkylation sites (tertiary alicyclic amines) is 1. The Morgan fingerprint density at radius 1 is 1.28 bits per heavy atom. The number of piperidine rings is 1. The number of hydrogen-bond donors (Lipinski definition) is 2. The molecule has 0 radical (unpaired) electrons. The molecule has 0 aliphatic carbocycles. The van der Waals surface area contributed by atoms with Gasteiger partial charge in [-0.1, -0.05) is 13.8 Å². The maximum absolute atomic E-state index is 11.9. The molecule has 5 heteroatoms. The first-order valence-electron chi connectivity index (χ1n) is 6.68. The molecule has 2 N–H and O–H groups in total. The molecule has 0 aromatic rings. The van der Waals surface area contributed by atoms with Crippen LogP contribution in [-0.4, -0.2) is 41.1 Å². The zero-order chi connectivity index (χ0) is 13.7. The van der Waals surface area contributed by atoms with Gasteiger partial charge in [0, 0.05) is 19.1 Å². The van der Waals surface area contributed by atoms with Crippen LogP contribution in [0.25, 0.3) is 0 Å². The first-order valence-corrected chi connectivity index (χ1v) is 6.68. The first kappa shape index (κ1) is 14.8. The van der Waals surface area contributed by atoms with Crippen molar-refractivity contribution in [1.29, 1.82) is 0 Å². The monoisotopic (exact) mass is 256 g/mol. The molecule has 0 aromatic carbocycles. The van der Waals surface area contributed by atoms with Crippen LogP contribution >= 0.6 is 0 Å². The van der Waals surface area contributed by atoms with Crippen LogP contribution in [0.1, 0.15) is 40.0 Å². The number of carbonyl (C=O) groups excluding carboxylic acids is 1. The minimum absolute atomic E-state index is 0.0630. The second-order valence-corrected chi connectivity index (χ2v) is 5.58. The number of rotatable bonds is 4. The van der Waals surface area contributed by atoms with Crippen LogP contribution in [0.4, 0.5) is 4.79 Å². The van der Waals surface area contributed by atoms with Crippen molar-refractivity contribution in [3.63, 3.8) is 0 Å². The second kappa shape index (κ2) is 6.61. The highest BCUT2D eigenvalue weighted by atomic mass is 16.4. The van der Waals surface area contributed by atoms with Gasteiger partial charge in [-0.15, -0.1) is 0 Å².